The average Bonchev–Trinajstić information content (AvgIpc) is 2.61. The summed E-state index contributed by atoms with van der Waals surface area (Å²) in [5, 5.41) is 3.04. The van der Waals surface area contributed by atoms with Crippen molar-refractivity contribution in [2.45, 2.75) is 13.5 Å². The zero-order chi connectivity index (χ0) is 17.6. The quantitative estimate of drug-likeness (QED) is 0.408. The molecule has 140 valence electrons. The van der Waals surface area contributed by atoms with Crippen LogP contribution in [0.5, 0.6) is 0 Å². The molecule has 1 saturated heterocycles. The van der Waals surface area contributed by atoms with Gasteiger partial charge in [-0.3, -0.25) is 0 Å². The van der Waals surface area contributed by atoms with Gasteiger partial charge in [0.05, 0.1) is 25.4 Å². The van der Waals surface area contributed by atoms with Crippen LogP contribution in [0.4, 0.5) is 15.8 Å². The van der Waals surface area contributed by atoms with Gasteiger partial charge in [0.1, 0.15) is 5.82 Å². The van der Waals surface area contributed by atoms with Crippen LogP contribution >= 0.6 is 24.0 Å². The van der Waals surface area contributed by atoms with Crippen LogP contribution in [-0.2, 0) is 11.3 Å². The number of nitrogens with two attached hydrogens (primary N) is 1. The third kappa shape index (κ3) is 5.57. The highest BCUT2D eigenvalue weighted by Crippen LogP contribution is 2.22. The SMILES string of the molecule is Cc1cccc(NC(N)=NCc2ccc(N3CCOCC3)c(F)c2)c1.I. The third-order valence-corrected chi connectivity index (χ3v) is 4.09. The first kappa shape index (κ1) is 20.4. The molecule has 1 fully saturated rings. The lowest BCUT2D eigenvalue weighted by Gasteiger charge is -2.29. The maximum absolute atomic E-state index is 14.4. The van der Waals surface area contributed by atoms with Gasteiger partial charge in [0.25, 0.3) is 0 Å². The van der Waals surface area contributed by atoms with Crippen molar-refractivity contribution in [3.05, 3.63) is 59.4 Å². The van der Waals surface area contributed by atoms with Gasteiger partial charge >= 0.3 is 0 Å². The van der Waals surface area contributed by atoms with E-state index in [1.165, 1.54) is 6.07 Å². The Morgan fingerprint density at radius 1 is 1.23 bits per heavy atom. The molecule has 0 amide bonds. The Morgan fingerprint density at radius 3 is 2.69 bits per heavy atom. The number of guanidine groups is 1. The maximum atomic E-state index is 14.4. The molecule has 2 aromatic carbocycles. The number of ether oxygens (including phenoxy) is 1. The van der Waals surface area contributed by atoms with Crippen LogP contribution in [0.25, 0.3) is 0 Å². The molecule has 5 nitrogen and oxygen atoms in total. The molecule has 1 aliphatic rings. The fourth-order valence-electron chi connectivity index (χ4n) is 2.80. The lowest BCUT2D eigenvalue weighted by atomic mass is 10.1. The van der Waals surface area contributed by atoms with Gasteiger partial charge in [-0.15, -0.1) is 24.0 Å². The van der Waals surface area contributed by atoms with E-state index in [0.717, 1.165) is 16.8 Å². The van der Waals surface area contributed by atoms with Crippen LogP contribution in [-0.4, -0.2) is 32.3 Å². The second-order valence-electron chi connectivity index (χ2n) is 6.08. The first-order valence-electron chi connectivity index (χ1n) is 8.36. The molecule has 0 saturated carbocycles. The lowest BCUT2D eigenvalue weighted by molar-refractivity contribution is 0.122. The van der Waals surface area contributed by atoms with Crippen molar-refractivity contribution in [1.82, 2.24) is 0 Å². The van der Waals surface area contributed by atoms with Crippen molar-refractivity contribution in [2.24, 2.45) is 10.7 Å². The summed E-state index contributed by atoms with van der Waals surface area (Å²) >= 11 is 0. The van der Waals surface area contributed by atoms with E-state index in [4.69, 9.17) is 10.5 Å². The van der Waals surface area contributed by atoms with E-state index in [1.54, 1.807) is 6.07 Å². The summed E-state index contributed by atoms with van der Waals surface area (Å²) in [4.78, 5) is 6.29. The van der Waals surface area contributed by atoms with Crippen molar-refractivity contribution >= 4 is 41.3 Å². The number of benzene rings is 2. The van der Waals surface area contributed by atoms with Crippen molar-refractivity contribution in [3.8, 4) is 0 Å². The van der Waals surface area contributed by atoms with Gasteiger partial charge in [-0.05, 0) is 42.3 Å². The summed E-state index contributed by atoms with van der Waals surface area (Å²) in [6.07, 6.45) is 0. The third-order valence-electron chi connectivity index (χ3n) is 4.09. The first-order valence-corrected chi connectivity index (χ1v) is 8.36. The van der Waals surface area contributed by atoms with Crippen LogP contribution in [0.2, 0.25) is 0 Å². The Balaban J connectivity index is 0.00000243. The fraction of sp³-hybridized carbons (Fsp3) is 0.316. The van der Waals surface area contributed by atoms with Crippen molar-refractivity contribution in [1.29, 1.82) is 0 Å². The number of halogens is 2. The Morgan fingerprint density at radius 2 is 2.00 bits per heavy atom. The van der Waals surface area contributed by atoms with E-state index >= 15 is 0 Å². The smallest absolute Gasteiger partial charge is 0.193 e. The number of aryl methyl sites for hydroxylation is 1. The van der Waals surface area contributed by atoms with E-state index in [0.29, 0.717) is 44.5 Å². The molecule has 0 unspecified atom stereocenters. The summed E-state index contributed by atoms with van der Waals surface area (Å²) in [5.74, 6) is 0.0723. The molecule has 0 bridgehead atoms. The Kier molecular flexibility index (Phi) is 7.65. The number of anilines is 2. The summed E-state index contributed by atoms with van der Waals surface area (Å²) in [6, 6.07) is 13.1. The van der Waals surface area contributed by atoms with E-state index in [9.17, 15) is 4.39 Å². The molecule has 0 aromatic heterocycles. The largest absolute Gasteiger partial charge is 0.378 e. The number of hydrogen-bond acceptors (Lipinski definition) is 3. The highest BCUT2D eigenvalue weighted by Gasteiger charge is 2.15. The first-order chi connectivity index (χ1) is 12.1. The molecule has 0 radical (unpaired) electrons. The Hall–Kier alpha value is -1.87. The molecule has 1 heterocycles. The minimum atomic E-state index is -0.236. The average molecular weight is 470 g/mol. The van der Waals surface area contributed by atoms with Gasteiger partial charge in [0.2, 0.25) is 0 Å². The molecular weight excluding hydrogens is 446 g/mol. The molecule has 0 aliphatic carbocycles. The maximum Gasteiger partial charge on any atom is 0.193 e. The van der Waals surface area contributed by atoms with Gasteiger partial charge in [0.15, 0.2) is 5.96 Å². The molecule has 0 spiro atoms. The minimum Gasteiger partial charge on any atom is -0.378 e. The number of nitrogens with zero attached hydrogens (tertiary/aromatic N) is 2. The topological polar surface area (TPSA) is 62.9 Å². The molecule has 2 aromatic rings. The number of nitrogens with one attached hydrogen (secondary N) is 1. The molecule has 3 rings (SSSR count). The zero-order valence-corrected chi connectivity index (χ0v) is 17.1. The normalized spacial score (nSPS) is 14.7. The number of morpholine rings is 1. The summed E-state index contributed by atoms with van der Waals surface area (Å²) in [5.41, 5.74) is 9.33. The van der Waals surface area contributed by atoms with E-state index in [1.807, 2.05) is 42.2 Å². The van der Waals surface area contributed by atoms with Crippen molar-refractivity contribution in [3.63, 3.8) is 0 Å². The lowest BCUT2D eigenvalue weighted by Crippen LogP contribution is -2.36. The van der Waals surface area contributed by atoms with Crippen molar-refractivity contribution < 1.29 is 9.13 Å². The molecule has 3 N–H and O–H groups in total. The molecule has 26 heavy (non-hydrogen) atoms. The van der Waals surface area contributed by atoms with E-state index in [2.05, 4.69) is 10.3 Å². The summed E-state index contributed by atoms with van der Waals surface area (Å²) in [7, 11) is 0. The monoisotopic (exact) mass is 470 g/mol. The fourth-order valence-corrected chi connectivity index (χ4v) is 2.80. The predicted molar refractivity (Wildman–Crippen MR) is 115 cm³/mol. The van der Waals surface area contributed by atoms with Gasteiger partial charge in [-0.1, -0.05) is 18.2 Å². The molecule has 0 atom stereocenters. The van der Waals surface area contributed by atoms with Crippen LogP contribution in [0.15, 0.2) is 47.5 Å². The Bertz CT molecular complexity index is 763. The van der Waals surface area contributed by atoms with Gasteiger partial charge in [0, 0.05) is 18.8 Å². The molecule has 7 heteroatoms. The van der Waals surface area contributed by atoms with Gasteiger partial charge in [-0.25, -0.2) is 9.38 Å². The number of aliphatic imine (C=N–C) groups is 1. The zero-order valence-electron chi connectivity index (χ0n) is 14.7. The Labute approximate surface area is 170 Å². The highest BCUT2D eigenvalue weighted by atomic mass is 127. The predicted octanol–water partition coefficient (Wildman–Crippen LogP) is 3.52. The molecule has 1 aliphatic heterocycles. The van der Waals surface area contributed by atoms with Crippen LogP contribution in [0, 0.1) is 12.7 Å². The summed E-state index contributed by atoms with van der Waals surface area (Å²) < 4.78 is 19.7. The van der Waals surface area contributed by atoms with E-state index in [-0.39, 0.29) is 29.8 Å². The number of rotatable bonds is 4. The highest BCUT2D eigenvalue weighted by molar-refractivity contribution is 14.0. The van der Waals surface area contributed by atoms with Crippen LogP contribution in [0.3, 0.4) is 0 Å². The van der Waals surface area contributed by atoms with Gasteiger partial charge < -0.3 is 20.7 Å². The number of hydrogen-bond donors (Lipinski definition) is 2. The standard InChI is InChI=1S/C19H23FN4O.HI/c1-14-3-2-4-16(11-14)23-19(21)22-13-15-5-6-18(17(20)12-15)24-7-9-25-10-8-24;/h2-6,11-12H,7-10,13H2,1H3,(H3,21,22,23);1H. The second-order valence-corrected chi connectivity index (χ2v) is 6.08. The van der Waals surface area contributed by atoms with E-state index < -0.39 is 0 Å². The minimum absolute atomic E-state index is 0. The van der Waals surface area contributed by atoms with Crippen LogP contribution < -0.4 is 16.0 Å². The van der Waals surface area contributed by atoms with Gasteiger partial charge in [-0.2, -0.15) is 0 Å². The van der Waals surface area contributed by atoms with Crippen molar-refractivity contribution in [2.75, 3.05) is 36.5 Å². The molecular formula is C19H24FIN4O. The second kappa shape index (κ2) is 9.72. The van der Waals surface area contributed by atoms with Crippen LogP contribution in [0.1, 0.15) is 11.1 Å². The summed E-state index contributed by atoms with van der Waals surface area (Å²) in [6.45, 7) is 5.02.